The molecule has 26 heavy (non-hydrogen) atoms. The molecule has 0 saturated heterocycles. The molecule has 1 heterocycles. The number of nitrogens with zero attached hydrogens (tertiary/aromatic N) is 3. The van der Waals surface area contributed by atoms with E-state index in [2.05, 4.69) is 23.3 Å². The topological polar surface area (TPSA) is 68.0 Å². The third kappa shape index (κ3) is 4.58. The lowest BCUT2D eigenvalue weighted by atomic mass is 9.70. The maximum absolute atomic E-state index is 12.3. The Hall–Kier alpha value is -2.01. The van der Waals surface area contributed by atoms with E-state index in [0.717, 1.165) is 48.2 Å². The molecule has 0 amide bonds. The predicted octanol–water partition coefficient (Wildman–Crippen LogP) is 3.82. The molecule has 1 aromatic heterocycles. The molecule has 1 unspecified atom stereocenters. The predicted molar refractivity (Wildman–Crippen MR) is 103 cm³/mol. The second-order valence-corrected chi connectivity index (χ2v) is 7.69. The van der Waals surface area contributed by atoms with Gasteiger partial charge in [-0.05, 0) is 55.7 Å². The van der Waals surface area contributed by atoms with E-state index >= 15 is 0 Å². The Kier molecular flexibility index (Phi) is 6.70. The van der Waals surface area contributed by atoms with E-state index in [4.69, 9.17) is 0 Å². The van der Waals surface area contributed by atoms with Gasteiger partial charge in [0.1, 0.15) is 5.78 Å². The zero-order valence-corrected chi connectivity index (χ0v) is 16.6. The number of carbonyl (C=O) groups is 1. The highest BCUT2D eigenvalue weighted by molar-refractivity contribution is 5.82. The van der Waals surface area contributed by atoms with Crippen molar-refractivity contribution in [1.82, 2.24) is 15.0 Å². The highest BCUT2D eigenvalue weighted by Crippen LogP contribution is 2.40. The first-order chi connectivity index (χ1) is 12.3. The van der Waals surface area contributed by atoms with E-state index in [1.54, 1.807) is 6.92 Å². The smallest absolute Gasteiger partial charge is 0.136 e. The van der Waals surface area contributed by atoms with Gasteiger partial charge in [0, 0.05) is 18.2 Å². The Morgan fingerprint density at radius 2 is 2.08 bits per heavy atom. The number of hydrogen-bond acceptors (Lipinski definition) is 4. The molecule has 2 rings (SSSR count). The van der Waals surface area contributed by atoms with Crippen LogP contribution in [0.1, 0.15) is 68.8 Å². The molecule has 5 nitrogen and oxygen atoms in total. The fourth-order valence-electron chi connectivity index (χ4n) is 3.35. The minimum atomic E-state index is -0.485. The van der Waals surface area contributed by atoms with Gasteiger partial charge in [-0.2, -0.15) is 0 Å². The fraction of sp³-hybridized carbons (Fsp3) is 0.571. The summed E-state index contributed by atoms with van der Waals surface area (Å²) in [5.74, 6) is 0.227. The minimum Gasteiger partial charge on any atom is -0.392 e. The quantitative estimate of drug-likeness (QED) is 0.741. The van der Waals surface area contributed by atoms with Crippen LogP contribution in [0.4, 0.5) is 0 Å². The Morgan fingerprint density at radius 3 is 2.69 bits per heavy atom. The summed E-state index contributed by atoms with van der Waals surface area (Å²) in [5, 5.41) is 18.0. The Labute approximate surface area is 156 Å². The third-order valence-corrected chi connectivity index (χ3v) is 5.45. The zero-order chi connectivity index (χ0) is 19.3. The van der Waals surface area contributed by atoms with Crippen LogP contribution in [0.2, 0.25) is 0 Å². The molecule has 2 aromatic rings. The molecule has 0 aliphatic carbocycles. The summed E-state index contributed by atoms with van der Waals surface area (Å²) >= 11 is 0. The van der Waals surface area contributed by atoms with Crippen molar-refractivity contribution in [2.75, 3.05) is 0 Å². The van der Waals surface area contributed by atoms with E-state index in [1.165, 1.54) is 0 Å². The lowest BCUT2D eigenvalue weighted by Crippen LogP contribution is -2.30. The SMILES string of the molecule is CCCn1cc(CCC(c2ccc(C)c(CO)c2)C(C)(C)C(C)=O)nn1. The Bertz CT molecular complexity index is 749. The molecule has 0 saturated carbocycles. The number of aliphatic hydroxyl groups is 1. The van der Waals surface area contributed by atoms with E-state index in [-0.39, 0.29) is 18.3 Å². The van der Waals surface area contributed by atoms with Crippen molar-refractivity contribution in [3.8, 4) is 0 Å². The van der Waals surface area contributed by atoms with Crippen LogP contribution >= 0.6 is 0 Å². The summed E-state index contributed by atoms with van der Waals surface area (Å²) in [6.45, 7) is 10.7. The number of aliphatic hydroxyl groups excluding tert-OH is 1. The van der Waals surface area contributed by atoms with Crippen LogP contribution in [0.3, 0.4) is 0 Å². The van der Waals surface area contributed by atoms with Crippen LogP contribution in [0.25, 0.3) is 0 Å². The van der Waals surface area contributed by atoms with Crippen LogP contribution in [-0.4, -0.2) is 25.9 Å². The van der Waals surface area contributed by atoms with Crippen LogP contribution in [0, 0.1) is 12.3 Å². The van der Waals surface area contributed by atoms with Crippen molar-refractivity contribution < 1.29 is 9.90 Å². The van der Waals surface area contributed by atoms with Crippen LogP contribution in [-0.2, 0) is 24.4 Å². The molecule has 0 spiro atoms. The number of Topliss-reactive ketones (excluding diaryl/α,β-unsaturated/α-hetero) is 1. The van der Waals surface area contributed by atoms with Gasteiger partial charge in [0.15, 0.2) is 0 Å². The molecule has 0 aliphatic rings. The molecule has 1 N–H and O–H groups in total. The van der Waals surface area contributed by atoms with Gasteiger partial charge in [0.2, 0.25) is 0 Å². The van der Waals surface area contributed by atoms with E-state index < -0.39 is 5.41 Å². The van der Waals surface area contributed by atoms with E-state index in [0.29, 0.717) is 0 Å². The molecule has 0 bridgehead atoms. The van der Waals surface area contributed by atoms with Gasteiger partial charge in [0.05, 0.1) is 12.3 Å². The normalized spacial score (nSPS) is 13.0. The van der Waals surface area contributed by atoms with Crippen LogP contribution < -0.4 is 0 Å². The second-order valence-electron chi connectivity index (χ2n) is 7.69. The number of ketones is 1. The molecule has 0 radical (unpaired) electrons. The minimum absolute atomic E-state index is 0.0121. The van der Waals surface area contributed by atoms with Crippen molar-refractivity contribution in [3.63, 3.8) is 0 Å². The fourth-order valence-corrected chi connectivity index (χ4v) is 3.35. The maximum Gasteiger partial charge on any atom is 0.136 e. The van der Waals surface area contributed by atoms with Gasteiger partial charge < -0.3 is 5.11 Å². The third-order valence-electron chi connectivity index (χ3n) is 5.45. The number of aromatic nitrogens is 3. The second kappa shape index (κ2) is 8.58. The largest absolute Gasteiger partial charge is 0.392 e. The number of benzene rings is 1. The van der Waals surface area contributed by atoms with Crippen LogP contribution in [0.5, 0.6) is 0 Å². The molecule has 5 heteroatoms. The van der Waals surface area contributed by atoms with Gasteiger partial charge in [0.25, 0.3) is 0 Å². The summed E-state index contributed by atoms with van der Waals surface area (Å²) < 4.78 is 1.87. The van der Waals surface area contributed by atoms with Crippen molar-refractivity contribution in [2.45, 2.75) is 73.0 Å². The first kappa shape index (κ1) is 20.3. The first-order valence-corrected chi connectivity index (χ1v) is 9.39. The average Bonchev–Trinajstić information content (AvgIpc) is 3.04. The van der Waals surface area contributed by atoms with Gasteiger partial charge in [-0.3, -0.25) is 9.48 Å². The van der Waals surface area contributed by atoms with Gasteiger partial charge in [-0.1, -0.05) is 44.2 Å². The summed E-state index contributed by atoms with van der Waals surface area (Å²) in [6, 6.07) is 6.15. The molecule has 1 aromatic carbocycles. The molecular formula is C21H31N3O2. The van der Waals surface area contributed by atoms with Gasteiger partial charge in [-0.25, -0.2) is 0 Å². The van der Waals surface area contributed by atoms with Crippen LogP contribution in [0.15, 0.2) is 24.4 Å². The molecule has 0 aliphatic heterocycles. The van der Waals surface area contributed by atoms with Crippen molar-refractivity contribution >= 4 is 5.78 Å². The summed E-state index contributed by atoms with van der Waals surface area (Å²) in [6.07, 6.45) is 4.60. The monoisotopic (exact) mass is 357 g/mol. The number of aryl methyl sites for hydroxylation is 3. The average molecular weight is 357 g/mol. The Balaban J connectivity index is 2.28. The van der Waals surface area contributed by atoms with Gasteiger partial charge in [-0.15, -0.1) is 5.10 Å². The molecule has 142 valence electrons. The van der Waals surface area contributed by atoms with Crippen molar-refractivity contribution in [1.29, 1.82) is 0 Å². The maximum atomic E-state index is 12.3. The van der Waals surface area contributed by atoms with Gasteiger partial charge >= 0.3 is 0 Å². The van der Waals surface area contributed by atoms with E-state index in [1.807, 2.05) is 43.8 Å². The van der Waals surface area contributed by atoms with Crippen molar-refractivity contribution in [3.05, 3.63) is 46.8 Å². The van der Waals surface area contributed by atoms with E-state index in [9.17, 15) is 9.90 Å². The zero-order valence-electron chi connectivity index (χ0n) is 16.6. The Morgan fingerprint density at radius 1 is 1.35 bits per heavy atom. The lowest BCUT2D eigenvalue weighted by molar-refractivity contribution is -0.126. The molecular weight excluding hydrogens is 326 g/mol. The molecule has 1 atom stereocenters. The number of carbonyl (C=O) groups excluding carboxylic acids is 1. The lowest BCUT2D eigenvalue weighted by Gasteiger charge is -2.33. The highest BCUT2D eigenvalue weighted by atomic mass is 16.3. The first-order valence-electron chi connectivity index (χ1n) is 9.39. The highest BCUT2D eigenvalue weighted by Gasteiger charge is 2.35. The standard InChI is InChI=1S/C21H31N3O2/c1-6-11-24-13-19(22-23-24)9-10-20(21(4,5)16(3)26)17-8-7-15(2)18(12-17)14-25/h7-8,12-13,20,25H,6,9-11,14H2,1-5H3. The van der Waals surface area contributed by atoms with Crippen molar-refractivity contribution in [2.24, 2.45) is 5.41 Å². The summed E-state index contributed by atoms with van der Waals surface area (Å²) in [4.78, 5) is 12.3. The number of rotatable bonds is 9. The summed E-state index contributed by atoms with van der Waals surface area (Å²) in [5.41, 5.74) is 3.55. The molecule has 0 fully saturated rings. The summed E-state index contributed by atoms with van der Waals surface area (Å²) in [7, 11) is 0. The number of hydrogen-bond donors (Lipinski definition) is 1.